The van der Waals surface area contributed by atoms with Crippen molar-refractivity contribution < 1.29 is 14.7 Å². The first-order valence-electron chi connectivity index (χ1n) is 7.25. The Morgan fingerprint density at radius 2 is 2.00 bits per heavy atom. The quantitative estimate of drug-likeness (QED) is 0.713. The van der Waals surface area contributed by atoms with E-state index in [0.29, 0.717) is 12.3 Å². The van der Waals surface area contributed by atoms with Crippen molar-refractivity contribution in [2.24, 2.45) is 17.8 Å². The van der Waals surface area contributed by atoms with Gasteiger partial charge in [-0.3, -0.25) is 0 Å². The van der Waals surface area contributed by atoms with Gasteiger partial charge in [-0.1, -0.05) is 20.3 Å². The summed E-state index contributed by atoms with van der Waals surface area (Å²) >= 11 is 0. The van der Waals surface area contributed by atoms with E-state index in [1.54, 1.807) is 0 Å². The average Bonchev–Trinajstić information content (AvgIpc) is 2.89. The first-order chi connectivity index (χ1) is 8.95. The van der Waals surface area contributed by atoms with Gasteiger partial charge in [-0.2, -0.15) is 0 Å². The number of fused-ring (bicyclic) bond motifs is 2. The van der Waals surface area contributed by atoms with Gasteiger partial charge in [-0.05, 0) is 43.4 Å². The zero-order chi connectivity index (χ0) is 14.0. The number of carboxylic acids is 1. The molecule has 2 aliphatic carbocycles. The Balaban J connectivity index is 1.81. The molecule has 2 bridgehead atoms. The van der Waals surface area contributed by atoms with Crippen LogP contribution in [0, 0.1) is 17.8 Å². The summed E-state index contributed by atoms with van der Waals surface area (Å²) in [6.45, 7) is 3.90. The van der Waals surface area contributed by atoms with Crippen LogP contribution < -0.4 is 10.6 Å². The second-order valence-electron chi connectivity index (χ2n) is 6.42. The molecule has 4 atom stereocenters. The summed E-state index contributed by atoms with van der Waals surface area (Å²) < 4.78 is 0. The minimum atomic E-state index is -0.961. The number of amides is 2. The van der Waals surface area contributed by atoms with E-state index in [-0.39, 0.29) is 18.0 Å². The van der Waals surface area contributed by atoms with E-state index >= 15 is 0 Å². The van der Waals surface area contributed by atoms with E-state index in [0.717, 1.165) is 12.3 Å². The molecule has 0 radical (unpaired) electrons. The van der Waals surface area contributed by atoms with Crippen LogP contribution in [0.5, 0.6) is 0 Å². The van der Waals surface area contributed by atoms with Crippen LogP contribution in [-0.2, 0) is 4.79 Å². The highest BCUT2D eigenvalue weighted by Crippen LogP contribution is 2.44. The third-order valence-corrected chi connectivity index (χ3v) is 4.37. The van der Waals surface area contributed by atoms with Crippen LogP contribution in [0.1, 0.15) is 46.0 Å². The van der Waals surface area contributed by atoms with Crippen LogP contribution in [0.3, 0.4) is 0 Å². The number of aliphatic carboxylic acids is 1. The molecule has 0 aliphatic heterocycles. The van der Waals surface area contributed by atoms with Crippen molar-refractivity contribution in [2.75, 3.05) is 0 Å². The van der Waals surface area contributed by atoms with Crippen molar-refractivity contribution in [1.29, 1.82) is 0 Å². The number of carboxylic acid groups (broad SMARTS) is 1. The summed E-state index contributed by atoms with van der Waals surface area (Å²) in [7, 11) is 0. The van der Waals surface area contributed by atoms with Gasteiger partial charge in [0.25, 0.3) is 0 Å². The molecule has 3 N–H and O–H groups in total. The third-order valence-electron chi connectivity index (χ3n) is 4.37. The molecule has 0 aromatic rings. The molecule has 2 rings (SSSR count). The summed E-state index contributed by atoms with van der Waals surface area (Å²) in [5.74, 6) is 0.644. The van der Waals surface area contributed by atoms with Crippen LogP contribution in [0.25, 0.3) is 0 Å². The third kappa shape index (κ3) is 3.61. The molecule has 2 saturated carbocycles. The molecule has 2 aliphatic rings. The van der Waals surface area contributed by atoms with Crippen LogP contribution in [0.15, 0.2) is 0 Å². The van der Waals surface area contributed by atoms with Crippen LogP contribution >= 0.6 is 0 Å². The maximum absolute atomic E-state index is 11.9. The number of rotatable bonds is 5. The molecular formula is C14H24N2O3. The number of carbonyl (C=O) groups excluding carboxylic acids is 1. The second-order valence-corrected chi connectivity index (χ2v) is 6.42. The van der Waals surface area contributed by atoms with E-state index < -0.39 is 12.0 Å². The number of hydrogen-bond acceptors (Lipinski definition) is 2. The van der Waals surface area contributed by atoms with Gasteiger partial charge in [0.2, 0.25) is 0 Å². The Morgan fingerprint density at radius 3 is 2.47 bits per heavy atom. The smallest absolute Gasteiger partial charge is 0.326 e. The van der Waals surface area contributed by atoms with Crippen molar-refractivity contribution in [1.82, 2.24) is 10.6 Å². The van der Waals surface area contributed by atoms with Crippen LogP contribution in [0.4, 0.5) is 4.79 Å². The van der Waals surface area contributed by atoms with Crippen molar-refractivity contribution >= 4 is 12.0 Å². The molecule has 0 aromatic heterocycles. The van der Waals surface area contributed by atoms with Gasteiger partial charge >= 0.3 is 12.0 Å². The van der Waals surface area contributed by atoms with E-state index in [2.05, 4.69) is 10.6 Å². The summed E-state index contributed by atoms with van der Waals surface area (Å²) in [6.07, 6.45) is 5.22. The van der Waals surface area contributed by atoms with Gasteiger partial charge < -0.3 is 15.7 Å². The molecule has 4 unspecified atom stereocenters. The average molecular weight is 268 g/mol. The Hall–Kier alpha value is -1.26. The Morgan fingerprint density at radius 1 is 1.26 bits per heavy atom. The maximum Gasteiger partial charge on any atom is 0.326 e. The van der Waals surface area contributed by atoms with Crippen molar-refractivity contribution in [3.05, 3.63) is 0 Å². The first-order valence-corrected chi connectivity index (χ1v) is 7.25. The second kappa shape index (κ2) is 5.80. The molecule has 0 aromatic carbocycles. The highest BCUT2D eigenvalue weighted by atomic mass is 16.4. The topological polar surface area (TPSA) is 78.4 Å². The zero-order valence-electron chi connectivity index (χ0n) is 11.7. The van der Waals surface area contributed by atoms with Crippen molar-refractivity contribution in [3.8, 4) is 0 Å². The van der Waals surface area contributed by atoms with Crippen LogP contribution in [-0.4, -0.2) is 29.2 Å². The SMILES string of the molecule is CC(C)CC(NC(=O)NC1CC2CCC1C2)C(=O)O. The maximum atomic E-state index is 11.9. The predicted octanol–water partition coefficient (Wildman–Crippen LogP) is 1.97. The van der Waals surface area contributed by atoms with Crippen molar-refractivity contribution in [2.45, 2.75) is 58.0 Å². The van der Waals surface area contributed by atoms with Crippen LogP contribution in [0.2, 0.25) is 0 Å². The minimum absolute atomic E-state index is 0.240. The Kier molecular flexibility index (Phi) is 4.32. The summed E-state index contributed by atoms with van der Waals surface area (Å²) in [5, 5.41) is 14.6. The molecule has 0 heterocycles. The largest absolute Gasteiger partial charge is 0.480 e. The Labute approximate surface area is 114 Å². The van der Waals surface area contributed by atoms with Gasteiger partial charge in [-0.15, -0.1) is 0 Å². The fraction of sp³-hybridized carbons (Fsp3) is 0.857. The number of nitrogens with one attached hydrogen (secondary N) is 2. The lowest BCUT2D eigenvalue weighted by Crippen LogP contribution is -2.50. The summed E-state index contributed by atoms with van der Waals surface area (Å²) in [6, 6.07) is -0.878. The highest BCUT2D eigenvalue weighted by Gasteiger charge is 2.40. The lowest BCUT2D eigenvalue weighted by molar-refractivity contribution is -0.139. The molecule has 5 nitrogen and oxygen atoms in total. The van der Waals surface area contributed by atoms with Gasteiger partial charge in [0.05, 0.1) is 0 Å². The van der Waals surface area contributed by atoms with Gasteiger partial charge in [0.15, 0.2) is 0 Å². The molecular weight excluding hydrogens is 244 g/mol. The summed E-state index contributed by atoms with van der Waals surface area (Å²) in [5.41, 5.74) is 0. The van der Waals surface area contributed by atoms with E-state index in [1.807, 2.05) is 13.8 Å². The molecule has 2 amide bonds. The Bertz CT molecular complexity index is 357. The summed E-state index contributed by atoms with van der Waals surface area (Å²) in [4.78, 5) is 23.0. The van der Waals surface area contributed by atoms with Crippen molar-refractivity contribution in [3.63, 3.8) is 0 Å². The molecule has 108 valence electrons. The normalized spacial score (nSPS) is 30.4. The molecule has 5 heteroatoms. The lowest BCUT2D eigenvalue weighted by atomic mass is 9.95. The molecule has 19 heavy (non-hydrogen) atoms. The standard InChI is InChI=1S/C14H24N2O3/c1-8(2)5-12(13(17)18)16-14(19)15-11-7-9-3-4-10(11)6-9/h8-12H,3-7H2,1-2H3,(H,17,18)(H2,15,16,19). The lowest BCUT2D eigenvalue weighted by Gasteiger charge is -2.24. The fourth-order valence-corrected chi connectivity index (χ4v) is 3.48. The van der Waals surface area contributed by atoms with E-state index in [1.165, 1.54) is 19.3 Å². The molecule has 0 spiro atoms. The predicted molar refractivity (Wildman–Crippen MR) is 71.8 cm³/mol. The first kappa shape index (κ1) is 14.2. The monoisotopic (exact) mass is 268 g/mol. The van der Waals surface area contributed by atoms with Gasteiger partial charge in [0, 0.05) is 6.04 Å². The highest BCUT2D eigenvalue weighted by molar-refractivity contribution is 5.82. The van der Waals surface area contributed by atoms with E-state index in [9.17, 15) is 9.59 Å². The van der Waals surface area contributed by atoms with E-state index in [4.69, 9.17) is 5.11 Å². The molecule has 0 saturated heterocycles. The zero-order valence-corrected chi connectivity index (χ0v) is 11.7. The number of hydrogen-bond donors (Lipinski definition) is 3. The fourth-order valence-electron chi connectivity index (χ4n) is 3.48. The minimum Gasteiger partial charge on any atom is -0.480 e. The van der Waals surface area contributed by atoms with Gasteiger partial charge in [0.1, 0.15) is 6.04 Å². The van der Waals surface area contributed by atoms with Gasteiger partial charge in [-0.25, -0.2) is 9.59 Å². The number of carbonyl (C=O) groups is 2. The number of urea groups is 1. The molecule has 2 fully saturated rings.